The average molecular weight is 170 g/mol. The van der Waals surface area contributed by atoms with Crippen molar-refractivity contribution in [3.05, 3.63) is 0 Å². The topological polar surface area (TPSA) is 38.0 Å². The third-order valence-electron chi connectivity index (χ3n) is 3.00. The molecule has 0 aliphatic heterocycles. The van der Waals surface area contributed by atoms with E-state index in [0.29, 0.717) is 6.04 Å². The van der Waals surface area contributed by atoms with Gasteiger partial charge in [-0.25, -0.2) is 0 Å². The highest BCUT2D eigenvalue weighted by atomic mass is 15.2. The van der Waals surface area contributed by atoms with Crippen molar-refractivity contribution in [1.29, 1.82) is 0 Å². The maximum atomic E-state index is 5.58. The van der Waals surface area contributed by atoms with Gasteiger partial charge in [-0.05, 0) is 30.1 Å². The Morgan fingerprint density at radius 3 is 2.08 bits per heavy atom. The highest BCUT2D eigenvalue weighted by Gasteiger charge is 2.37. The molecule has 0 amide bonds. The second kappa shape index (κ2) is 3.35. The van der Waals surface area contributed by atoms with Crippen LogP contribution in [0.3, 0.4) is 0 Å². The van der Waals surface area contributed by atoms with Crippen molar-refractivity contribution in [1.82, 2.24) is 5.43 Å². The minimum absolute atomic E-state index is 0.275. The predicted molar refractivity (Wildman–Crippen MR) is 52.5 cm³/mol. The number of hydrogen-bond acceptors (Lipinski definition) is 2. The first kappa shape index (κ1) is 10.0. The molecule has 1 saturated carbocycles. The van der Waals surface area contributed by atoms with Crippen molar-refractivity contribution >= 4 is 0 Å². The lowest BCUT2D eigenvalue weighted by atomic mass is 9.78. The molecule has 0 aromatic rings. The molecule has 0 bridgehead atoms. The molecule has 1 aliphatic rings. The number of rotatable bonds is 3. The Hall–Kier alpha value is -0.0800. The van der Waals surface area contributed by atoms with Crippen molar-refractivity contribution in [2.75, 3.05) is 0 Å². The quantitative estimate of drug-likeness (QED) is 0.501. The third-order valence-corrected chi connectivity index (χ3v) is 3.00. The molecule has 2 atom stereocenters. The molecule has 0 aromatic carbocycles. The third kappa shape index (κ3) is 2.20. The van der Waals surface area contributed by atoms with E-state index in [1.807, 2.05) is 0 Å². The number of nitrogens with one attached hydrogen (secondary N) is 1. The van der Waals surface area contributed by atoms with Gasteiger partial charge in [0.25, 0.3) is 0 Å². The molecule has 2 nitrogen and oxygen atoms in total. The summed E-state index contributed by atoms with van der Waals surface area (Å²) in [5.41, 5.74) is 3.24. The second-order valence-electron chi connectivity index (χ2n) is 5.21. The van der Waals surface area contributed by atoms with Crippen molar-refractivity contribution in [3.63, 3.8) is 0 Å². The highest BCUT2D eigenvalue weighted by Crippen LogP contribution is 2.41. The largest absolute Gasteiger partial charge is 0.271 e. The minimum Gasteiger partial charge on any atom is -0.271 e. The lowest BCUT2D eigenvalue weighted by molar-refractivity contribution is 0.188. The van der Waals surface area contributed by atoms with Gasteiger partial charge in [0.1, 0.15) is 0 Å². The van der Waals surface area contributed by atoms with Crippen LogP contribution in [0.25, 0.3) is 0 Å². The van der Waals surface area contributed by atoms with Crippen molar-refractivity contribution in [2.24, 2.45) is 23.1 Å². The molecule has 2 unspecified atom stereocenters. The van der Waals surface area contributed by atoms with Crippen LogP contribution in [0.4, 0.5) is 0 Å². The summed E-state index contributed by atoms with van der Waals surface area (Å²) in [6.45, 7) is 9.05. The zero-order valence-electron chi connectivity index (χ0n) is 8.72. The van der Waals surface area contributed by atoms with Crippen molar-refractivity contribution < 1.29 is 0 Å². The van der Waals surface area contributed by atoms with Gasteiger partial charge in [0, 0.05) is 6.04 Å². The average Bonchev–Trinajstić information content (AvgIpc) is 2.65. The number of nitrogens with two attached hydrogens (primary N) is 1. The standard InChI is InChI=1S/C10H22N2/c1-7(8-5-6-8)9(12-11)10(2,3)4/h7-9,12H,5-6,11H2,1-4H3. The molecular weight excluding hydrogens is 148 g/mol. The molecule has 1 rings (SSSR count). The van der Waals surface area contributed by atoms with Crippen LogP contribution in [-0.2, 0) is 0 Å². The smallest absolute Gasteiger partial charge is 0.0287 e. The molecular formula is C10H22N2. The highest BCUT2D eigenvalue weighted by molar-refractivity contribution is 4.91. The van der Waals surface area contributed by atoms with Crippen LogP contribution in [0.1, 0.15) is 40.5 Å². The molecule has 2 heteroatoms. The van der Waals surface area contributed by atoms with E-state index >= 15 is 0 Å². The lowest BCUT2D eigenvalue weighted by Crippen LogP contribution is -2.49. The van der Waals surface area contributed by atoms with E-state index in [1.54, 1.807) is 0 Å². The molecule has 72 valence electrons. The van der Waals surface area contributed by atoms with Crippen molar-refractivity contribution in [2.45, 2.75) is 46.6 Å². The van der Waals surface area contributed by atoms with E-state index in [-0.39, 0.29) is 5.41 Å². The fourth-order valence-electron chi connectivity index (χ4n) is 2.08. The van der Waals surface area contributed by atoms with Crippen LogP contribution in [0.2, 0.25) is 0 Å². The Kier molecular flexibility index (Phi) is 2.79. The molecule has 0 aromatic heterocycles. The number of hydrazine groups is 1. The van der Waals surface area contributed by atoms with Crippen LogP contribution in [0, 0.1) is 17.3 Å². The van der Waals surface area contributed by atoms with Crippen LogP contribution < -0.4 is 11.3 Å². The van der Waals surface area contributed by atoms with Crippen LogP contribution in [0.15, 0.2) is 0 Å². The minimum atomic E-state index is 0.275. The van der Waals surface area contributed by atoms with Gasteiger partial charge in [-0.3, -0.25) is 11.3 Å². The fraction of sp³-hybridized carbons (Fsp3) is 1.00. The van der Waals surface area contributed by atoms with E-state index in [2.05, 4.69) is 33.1 Å². The molecule has 0 heterocycles. The van der Waals surface area contributed by atoms with E-state index in [4.69, 9.17) is 5.84 Å². The van der Waals surface area contributed by atoms with Crippen molar-refractivity contribution in [3.8, 4) is 0 Å². The SMILES string of the molecule is CC(C1CC1)C(NN)C(C)(C)C. The van der Waals surface area contributed by atoms with Gasteiger partial charge in [-0.2, -0.15) is 0 Å². The Bertz CT molecular complexity index is 144. The lowest BCUT2D eigenvalue weighted by Gasteiger charge is -2.35. The molecule has 0 saturated heterocycles. The van der Waals surface area contributed by atoms with Crippen LogP contribution in [-0.4, -0.2) is 6.04 Å². The summed E-state index contributed by atoms with van der Waals surface area (Å²) in [5.74, 6) is 7.21. The first-order valence-electron chi connectivity index (χ1n) is 4.93. The van der Waals surface area contributed by atoms with Gasteiger partial charge >= 0.3 is 0 Å². The summed E-state index contributed by atoms with van der Waals surface area (Å²) in [6.07, 6.45) is 2.80. The predicted octanol–water partition coefficient (Wildman–Crippen LogP) is 1.91. The Balaban J connectivity index is 2.53. The summed E-state index contributed by atoms with van der Waals surface area (Å²) in [5, 5.41) is 0. The molecule has 1 fully saturated rings. The maximum Gasteiger partial charge on any atom is 0.0287 e. The summed E-state index contributed by atoms with van der Waals surface area (Å²) in [4.78, 5) is 0. The Morgan fingerprint density at radius 2 is 1.83 bits per heavy atom. The van der Waals surface area contributed by atoms with Gasteiger partial charge in [-0.1, -0.05) is 27.7 Å². The summed E-state index contributed by atoms with van der Waals surface area (Å²) in [7, 11) is 0. The Morgan fingerprint density at radius 1 is 1.33 bits per heavy atom. The van der Waals surface area contributed by atoms with E-state index in [9.17, 15) is 0 Å². The summed E-state index contributed by atoms with van der Waals surface area (Å²) < 4.78 is 0. The fourth-order valence-corrected chi connectivity index (χ4v) is 2.08. The molecule has 0 spiro atoms. The first-order chi connectivity index (χ1) is 5.46. The summed E-state index contributed by atoms with van der Waals surface area (Å²) >= 11 is 0. The van der Waals surface area contributed by atoms with Gasteiger partial charge in [0.15, 0.2) is 0 Å². The summed E-state index contributed by atoms with van der Waals surface area (Å²) in [6, 6.07) is 0.449. The van der Waals surface area contributed by atoms with Gasteiger partial charge in [0.2, 0.25) is 0 Å². The second-order valence-corrected chi connectivity index (χ2v) is 5.21. The zero-order chi connectivity index (χ0) is 9.35. The van der Waals surface area contributed by atoms with Crippen LogP contribution in [0.5, 0.6) is 0 Å². The molecule has 0 radical (unpaired) electrons. The van der Waals surface area contributed by atoms with Crippen LogP contribution >= 0.6 is 0 Å². The van der Waals surface area contributed by atoms with Gasteiger partial charge < -0.3 is 0 Å². The maximum absolute atomic E-state index is 5.58. The zero-order valence-corrected chi connectivity index (χ0v) is 8.72. The molecule has 12 heavy (non-hydrogen) atoms. The van der Waals surface area contributed by atoms with E-state index in [0.717, 1.165) is 11.8 Å². The molecule has 1 aliphatic carbocycles. The van der Waals surface area contributed by atoms with E-state index < -0.39 is 0 Å². The monoisotopic (exact) mass is 170 g/mol. The number of hydrogen-bond donors (Lipinski definition) is 2. The first-order valence-corrected chi connectivity index (χ1v) is 4.93. The van der Waals surface area contributed by atoms with Gasteiger partial charge in [-0.15, -0.1) is 0 Å². The Labute approximate surface area is 75.9 Å². The molecule has 3 N–H and O–H groups in total. The normalized spacial score (nSPS) is 23.8. The van der Waals surface area contributed by atoms with Gasteiger partial charge in [0.05, 0.1) is 0 Å². The van der Waals surface area contributed by atoms with E-state index in [1.165, 1.54) is 12.8 Å².